The van der Waals surface area contributed by atoms with Gasteiger partial charge >= 0.3 is 0 Å². The van der Waals surface area contributed by atoms with Gasteiger partial charge in [-0.05, 0) is 35.6 Å². The van der Waals surface area contributed by atoms with Crippen LogP contribution in [0.1, 0.15) is 17.9 Å². The van der Waals surface area contributed by atoms with Gasteiger partial charge < -0.3 is 5.32 Å². The monoisotopic (exact) mass is 347 g/mol. The van der Waals surface area contributed by atoms with Gasteiger partial charge in [0.2, 0.25) is 5.91 Å². The lowest BCUT2D eigenvalue weighted by atomic mass is 10.0. The standard InChI is InChI=1S/C22H18ClNO/c23-20-12-6-4-11-17(20)18-14-19(18)22(25)24-21-13-7-5-10-16(21)15-8-2-1-3-9-15/h1-13,18-19H,14H2,(H,24,25). The van der Waals surface area contributed by atoms with Crippen LogP contribution in [0.3, 0.4) is 0 Å². The highest BCUT2D eigenvalue weighted by atomic mass is 35.5. The van der Waals surface area contributed by atoms with Crippen LogP contribution in [0.5, 0.6) is 0 Å². The van der Waals surface area contributed by atoms with Gasteiger partial charge in [0.15, 0.2) is 0 Å². The van der Waals surface area contributed by atoms with E-state index in [-0.39, 0.29) is 17.7 Å². The van der Waals surface area contributed by atoms with Gasteiger partial charge in [0, 0.05) is 22.2 Å². The number of amides is 1. The van der Waals surface area contributed by atoms with Crippen LogP contribution in [-0.2, 0) is 4.79 Å². The molecule has 1 N–H and O–H groups in total. The second-order valence-corrected chi connectivity index (χ2v) is 6.78. The van der Waals surface area contributed by atoms with Crippen molar-refractivity contribution in [2.45, 2.75) is 12.3 Å². The van der Waals surface area contributed by atoms with Crippen LogP contribution in [-0.4, -0.2) is 5.91 Å². The van der Waals surface area contributed by atoms with Gasteiger partial charge in [-0.15, -0.1) is 0 Å². The van der Waals surface area contributed by atoms with Crippen LogP contribution in [0.25, 0.3) is 11.1 Å². The van der Waals surface area contributed by atoms with Crippen molar-refractivity contribution < 1.29 is 4.79 Å². The summed E-state index contributed by atoms with van der Waals surface area (Å²) in [5, 5.41) is 3.85. The van der Waals surface area contributed by atoms with E-state index in [1.807, 2.05) is 66.7 Å². The van der Waals surface area contributed by atoms with Gasteiger partial charge in [-0.1, -0.05) is 78.3 Å². The van der Waals surface area contributed by atoms with Gasteiger partial charge in [-0.3, -0.25) is 4.79 Å². The Morgan fingerprint density at radius 2 is 1.56 bits per heavy atom. The summed E-state index contributed by atoms with van der Waals surface area (Å²) in [5.41, 5.74) is 4.05. The van der Waals surface area contributed by atoms with Crippen LogP contribution < -0.4 is 5.32 Å². The van der Waals surface area contributed by atoms with Crippen molar-refractivity contribution in [3.05, 3.63) is 89.4 Å². The van der Waals surface area contributed by atoms with E-state index in [0.717, 1.165) is 33.8 Å². The van der Waals surface area contributed by atoms with Crippen LogP contribution >= 0.6 is 11.6 Å². The number of nitrogens with one attached hydrogen (secondary N) is 1. The van der Waals surface area contributed by atoms with Crippen LogP contribution in [0.4, 0.5) is 5.69 Å². The summed E-state index contributed by atoms with van der Waals surface area (Å²) in [4.78, 5) is 12.7. The van der Waals surface area contributed by atoms with Crippen molar-refractivity contribution in [2.24, 2.45) is 5.92 Å². The second-order valence-electron chi connectivity index (χ2n) is 6.37. The SMILES string of the molecule is O=C(Nc1ccccc1-c1ccccc1)C1CC1c1ccccc1Cl. The number of anilines is 1. The Hall–Kier alpha value is -2.58. The average molecular weight is 348 g/mol. The number of benzene rings is 3. The summed E-state index contributed by atoms with van der Waals surface area (Å²) in [6, 6.07) is 25.8. The van der Waals surface area contributed by atoms with Crippen molar-refractivity contribution in [3.63, 3.8) is 0 Å². The zero-order valence-corrected chi connectivity index (χ0v) is 14.4. The Morgan fingerprint density at radius 3 is 2.36 bits per heavy atom. The zero-order chi connectivity index (χ0) is 17.2. The van der Waals surface area contributed by atoms with E-state index in [2.05, 4.69) is 17.4 Å². The molecule has 0 spiro atoms. The lowest BCUT2D eigenvalue weighted by molar-refractivity contribution is -0.117. The van der Waals surface area contributed by atoms with E-state index in [1.165, 1.54) is 0 Å². The Labute approximate surface area is 152 Å². The molecule has 1 aliphatic carbocycles. The predicted octanol–water partition coefficient (Wildman–Crippen LogP) is 5.75. The molecule has 3 aromatic carbocycles. The van der Waals surface area contributed by atoms with Crippen molar-refractivity contribution in [2.75, 3.05) is 5.32 Å². The maximum absolute atomic E-state index is 12.7. The predicted molar refractivity (Wildman–Crippen MR) is 103 cm³/mol. The number of rotatable bonds is 4. The van der Waals surface area contributed by atoms with Gasteiger partial charge in [0.25, 0.3) is 0 Å². The molecule has 3 aromatic rings. The first-order valence-electron chi connectivity index (χ1n) is 8.44. The first kappa shape index (κ1) is 15.9. The third-order valence-corrected chi connectivity index (χ3v) is 5.05. The fraction of sp³-hybridized carbons (Fsp3) is 0.136. The van der Waals surface area contributed by atoms with Crippen molar-refractivity contribution >= 4 is 23.2 Å². The maximum Gasteiger partial charge on any atom is 0.228 e. The highest BCUT2D eigenvalue weighted by molar-refractivity contribution is 6.31. The number of halogens is 1. The topological polar surface area (TPSA) is 29.1 Å². The molecule has 0 aliphatic heterocycles. The smallest absolute Gasteiger partial charge is 0.228 e. The molecule has 0 heterocycles. The van der Waals surface area contributed by atoms with Crippen LogP contribution in [0.2, 0.25) is 5.02 Å². The molecule has 2 atom stereocenters. The van der Waals surface area contributed by atoms with E-state index < -0.39 is 0 Å². The molecule has 1 amide bonds. The van der Waals surface area contributed by atoms with E-state index in [9.17, 15) is 4.79 Å². The Bertz CT molecular complexity index is 907. The summed E-state index contributed by atoms with van der Waals surface area (Å²) in [6.07, 6.45) is 0.850. The average Bonchev–Trinajstić information content (AvgIpc) is 3.44. The van der Waals surface area contributed by atoms with Crippen molar-refractivity contribution in [1.29, 1.82) is 0 Å². The fourth-order valence-corrected chi connectivity index (χ4v) is 3.57. The van der Waals surface area contributed by atoms with Crippen molar-refractivity contribution in [3.8, 4) is 11.1 Å². The first-order chi connectivity index (χ1) is 12.2. The molecule has 1 saturated carbocycles. The number of hydrogen-bond donors (Lipinski definition) is 1. The minimum atomic E-state index is -0.0104. The fourth-order valence-electron chi connectivity index (χ4n) is 3.29. The minimum absolute atomic E-state index is 0.0104. The molecule has 1 aliphatic rings. The third kappa shape index (κ3) is 3.31. The van der Waals surface area contributed by atoms with Crippen LogP contribution in [0.15, 0.2) is 78.9 Å². The largest absolute Gasteiger partial charge is 0.325 e. The minimum Gasteiger partial charge on any atom is -0.325 e. The van der Waals surface area contributed by atoms with Gasteiger partial charge in [-0.25, -0.2) is 0 Å². The maximum atomic E-state index is 12.7. The number of para-hydroxylation sites is 1. The van der Waals surface area contributed by atoms with E-state index >= 15 is 0 Å². The lowest BCUT2D eigenvalue weighted by Crippen LogP contribution is -2.15. The molecule has 0 saturated heterocycles. The Balaban J connectivity index is 1.53. The second kappa shape index (κ2) is 6.73. The summed E-state index contributed by atoms with van der Waals surface area (Å²) < 4.78 is 0. The molecule has 2 nitrogen and oxygen atoms in total. The van der Waals surface area contributed by atoms with Crippen molar-refractivity contribution in [1.82, 2.24) is 0 Å². The number of carbonyl (C=O) groups is 1. The lowest BCUT2D eigenvalue weighted by Gasteiger charge is -2.11. The molecule has 2 unspecified atom stereocenters. The number of hydrogen-bond acceptors (Lipinski definition) is 1. The Morgan fingerprint density at radius 1 is 0.880 bits per heavy atom. The highest BCUT2D eigenvalue weighted by Crippen LogP contribution is 2.50. The number of carbonyl (C=O) groups excluding carboxylic acids is 1. The van der Waals surface area contributed by atoms with Gasteiger partial charge in [0.1, 0.15) is 0 Å². The zero-order valence-electron chi connectivity index (χ0n) is 13.7. The summed E-state index contributed by atoms with van der Waals surface area (Å²) in [7, 11) is 0. The highest BCUT2D eigenvalue weighted by Gasteiger charge is 2.44. The quantitative estimate of drug-likeness (QED) is 0.639. The molecule has 4 rings (SSSR count). The van der Waals surface area contributed by atoms with Crippen LogP contribution in [0, 0.1) is 5.92 Å². The molecule has 0 radical (unpaired) electrons. The molecular weight excluding hydrogens is 330 g/mol. The first-order valence-corrected chi connectivity index (χ1v) is 8.81. The third-order valence-electron chi connectivity index (χ3n) is 4.70. The summed E-state index contributed by atoms with van der Waals surface area (Å²) in [6.45, 7) is 0. The molecule has 25 heavy (non-hydrogen) atoms. The Kier molecular flexibility index (Phi) is 4.29. The van der Waals surface area contributed by atoms with E-state index in [4.69, 9.17) is 11.6 Å². The molecule has 1 fully saturated rings. The van der Waals surface area contributed by atoms with Gasteiger partial charge in [-0.2, -0.15) is 0 Å². The van der Waals surface area contributed by atoms with E-state index in [0.29, 0.717) is 0 Å². The normalized spacial score (nSPS) is 18.6. The summed E-state index contributed by atoms with van der Waals surface area (Å²) in [5.74, 6) is 0.273. The molecular formula is C22H18ClNO. The molecule has 0 aromatic heterocycles. The summed E-state index contributed by atoms with van der Waals surface area (Å²) >= 11 is 6.26. The van der Waals surface area contributed by atoms with E-state index in [1.54, 1.807) is 0 Å². The molecule has 3 heteroatoms. The van der Waals surface area contributed by atoms with Gasteiger partial charge in [0.05, 0.1) is 0 Å². The molecule has 0 bridgehead atoms. The molecule has 124 valence electrons.